The molecule has 0 amide bonds. The third kappa shape index (κ3) is 4.50. The summed E-state index contributed by atoms with van der Waals surface area (Å²) in [6.07, 6.45) is 3.49. The number of hydrogen-bond donors (Lipinski definition) is 0. The number of unbranched alkanes of at least 4 members (excludes halogenated alkanes) is 1. The molecule has 0 saturated heterocycles. The van der Waals surface area contributed by atoms with Gasteiger partial charge in [-0.3, -0.25) is 9.47 Å². The van der Waals surface area contributed by atoms with Gasteiger partial charge in [0.15, 0.2) is 0 Å². The summed E-state index contributed by atoms with van der Waals surface area (Å²) in [7, 11) is 0. The second kappa shape index (κ2) is 8.66. The van der Waals surface area contributed by atoms with Crippen LogP contribution in [0.2, 0.25) is 0 Å². The monoisotopic (exact) mass is 418 g/mol. The molecule has 3 aromatic rings. The third-order valence-corrected chi connectivity index (χ3v) is 6.65. The van der Waals surface area contributed by atoms with Gasteiger partial charge >= 0.3 is 0 Å². The lowest BCUT2D eigenvalue weighted by atomic mass is 9.83. The molecule has 1 aromatic heterocycles. The number of imidazole rings is 1. The smallest absolute Gasteiger partial charge is 0.208 e. The van der Waals surface area contributed by atoms with Crippen LogP contribution in [0.25, 0.3) is 11.0 Å². The fraction of sp³-hybridized carbons (Fsp3) is 0.519. The van der Waals surface area contributed by atoms with Crippen molar-refractivity contribution in [3.8, 4) is 0 Å². The van der Waals surface area contributed by atoms with Crippen molar-refractivity contribution in [3.63, 3.8) is 0 Å². The molecular formula is C27H38N4. The number of nitrogens with zero attached hydrogens (tertiary/aromatic N) is 4. The molecule has 1 aliphatic heterocycles. The van der Waals surface area contributed by atoms with Gasteiger partial charge in [0.1, 0.15) is 0 Å². The van der Waals surface area contributed by atoms with E-state index >= 15 is 0 Å². The van der Waals surface area contributed by atoms with Gasteiger partial charge in [0.2, 0.25) is 5.95 Å². The maximum atomic E-state index is 4.96. The molecule has 4 nitrogen and oxygen atoms in total. The Labute approximate surface area is 187 Å². The van der Waals surface area contributed by atoms with E-state index in [1.165, 1.54) is 40.6 Å². The molecule has 0 bridgehead atoms. The topological polar surface area (TPSA) is 24.3 Å². The number of aryl methyl sites for hydroxylation is 2. The van der Waals surface area contributed by atoms with Crippen molar-refractivity contribution >= 4 is 17.0 Å². The van der Waals surface area contributed by atoms with Crippen LogP contribution in [-0.4, -0.2) is 34.2 Å². The fourth-order valence-corrected chi connectivity index (χ4v) is 4.74. The normalized spacial score (nSPS) is 15.0. The molecule has 4 heteroatoms. The molecule has 2 heterocycles. The standard InChI is InChI=1S/C27H38N4/c1-7-8-14-30-18-29(19-31-25-12-10-9-11-24(25)28-26(30)31)15-13-23-20(2)16-22(17-21(23)3)27(4,5)6/h9-12,16-17H,7-8,13-15,18-19H2,1-6H3. The van der Waals surface area contributed by atoms with Crippen LogP contribution in [0.5, 0.6) is 0 Å². The number of fused-ring (bicyclic) bond motifs is 3. The summed E-state index contributed by atoms with van der Waals surface area (Å²) >= 11 is 0. The van der Waals surface area contributed by atoms with Crippen LogP contribution >= 0.6 is 0 Å². The second-order valence-electron chi connectivity index (χ2n) is 10.2. The fourth-order valence-electron chi connectivity index (χ4n) is 4.74. The SMILES string of the molecule is CCCCN1CN(CCc2c(C)cc(C(C)(C)C)cc2C)Cn2c1nc1ccccc12. The molecule has 0 fully saturated rings. The number of para-hydroxylation sites is 2. The molecule has 0 saturated carbocycles. The van der Waals surface area contributed by atoms with Gasteiger partial charge in [0.05, 0.1) is 24.4 Å². The number of benzene rings is 2. The molecule has 0 unspecified atom stereocenters. The van der Waals surface area contributed by atoms with Gasteiger partial charge in [0.25, 0.3) is 0 Å². The Bertz CT molecular complexity index is 1030. The Morgan fingerprint density at radius 1 is 0.968 bits per heavy atom. The lowest BCUT2D eigenvalue weighted by molar-refractivity contribution is 0.201. The molecule has 166 valence electrons. The van der Waals surface area contributed by atoms with Gasteiger partial charge < -0.3 is 4.90 Å². The van der Waals surface area contributed by atoms with E-state index in [1.54, 1.807) is 0 Å². The van der Waals surface area contributed by atoms with E-state index in [1.807, 2.05) is 0 Å². The zero-order valence-electron chi connectivity index (χ0n) is 20.2. The molecule has 0 spiro atoms. The number of rotatable bonds is 6. The number of aromatic nitrogens is 2. The van der Waals surface area contributed by atoms with Crippen molar-refractivity contribution in [1.82, 2.24) is 14.5 Å². The summed E-state index contributed by atoms with van der Waals surface area (Å²) in [5, 5.41) is 0. The van der Waals surface area contributed by atoms with Crippen LogP contribution < -0.4 is 4.90 Å². The average molecular weight is 419 g/mol. The van der Waals surface area contributed by atoms with Gasteiger partial charge in [-0.1, -0.05) is 58.4 Å². The van der Waals surface area contributed by atoms with Crippen molar-refractivity contribution in [1.29, 1.82) is 0 Å². The summed E-state index contributed by atoms with van der Waals surface area (Å²) in [6, 6.07) is 13.3. The predicted octanol–water partition coefficient (Wildman–Crippen LogP) is 6.03. The minimum Gasteiger partial charge on any atom is -0.329 e. The van der Waals surface area contributed by atoms with Crippen LogP contribution in [0.3, 0.4) is 0 Å². The largest absolute Gasteiger partial charge is 0.329 e. The Morgan fingerprint density at radius 2 is 1.68 bits per heavy atom. The molecule has 31 heavy (non-hydrogen) atoms. The van der Waals surface area contributed by atoms with Gasteiger partial charge in [-0.05, 0) is 66.5 Å². The van der Waals surface area contributed by atoms with Gasteiger partial charge in [-0.25, -0.2) is 4.98 Å². The van der Waals surface area contributed by atoms with E-state index in [0.717, 1.165) is 44.3 Å². The first-order chi connectivity index (χ1) is 14.8. The van der Waals surface area contributed by atoms with Gasteiger partial charge in [-0.2, -0.15) is 0 Å². The Hall–Kier alpha value is -2.33. The quantitative estimate of drug-likeness (QED) is 0.488. The van der Waals surface area contributed by atoms with Crippen LogP contribution in [0.15, 0.2) is 36.4 Å². The van der Waals surface area contributed by atoms with Crippen molar-refractivity contribution in [2.24, 2.45) is 0 Å². The van der Waals surface area contributed by atoms with E-state index in [9.17, 15) is 0 Å². The summed E-state index contributed by atoms with van der Waals surface area (Å²) < 4.78 is 2.40. The van der Waals surface area contributed by atoms with Crippen molar-refractivity contribution < 1.29 is 0 Å². The molecule has 2 aromatic carbocycles. The maximum absolute atomic E-state index is 4.96. The molecule has 0 aliphatic carbocycles. The Morgan fingerprint density at radius 3 is 2.35 bits per heavy atom. The highest BCUT2D eigenvalue weighted by atomic mass is 15.5. The lowest BCUT2D eigenvalue weighted by Gasteiger charge is -2.37. The predicted molar refractivity (Wildman–Crippen MR) is 132 cm³/mol. The molecule has 0 radical (unpaired) electrons. The molecule has 4 rings (SSSR count). The Balaban J connectivity index is 1.56. The molecule has 0 N–H and O–H groups in total. The minimum absolute atomic E-state index is 0.194. The second-order valence-corrected chi connectivity index (χ2v) is 10.2. The van der Waals surface area contributed by atoms with E-state index in [-0.39, 0.29) is 5.41 Å². The van der Waals surface area contributed by atoms with Crippen molar-refractivity contribution in [3.05, 3.63) is 58.7 Å². The summed E-state index contributed by atoms with van der Waals surface area (Å²) in [4.78, 5) is 10.0. The average Bonchev–Trinajstić information content (AvgIpc) is 3.09. The van der Waals surface area contributed by atoms with Gasteiger partial charge in [0, 0.05) is 13.1 Å². The number of hydrogen-bond acceptors (Lipinski definition) is 3. The molecule has 1 aliphatic rings. The van der Waals surface area contributed by atoms with Crippen LogP contribution in [0.1, 0.15) is 62.8 Å². The summed E-state index contributed by atoms with van der Waals surface area (Å²) in [6.45, 7) is 17.7. The summed E-state index contributed by atoms with van der Waals surface area (Å²) in [5.41, 5.74) is 8.34. The van der Waals surface area contributed by atoms with Crippen molar-refractivity contribution in [2.45, 2.75) is 72.9 Å². The first kappa shape index (κ1) is 21.9. The lowest BCUT2D eigenvalue weighted by Crippen LogP contribution is -2.46. The highest BCUT2D eigenvalue weighted by molar-refractivity contribution is 5.79. The zero-order valence-corrected chi connectivity index (χ0v) is 20.2. The van der Waals surface area contributed by atoms with Gasteiger partial charge in [-0.15, -0.1) is 0 Å². The molecule has 0 atom stereocenters. The van der Waals surface area contributed by atoms with Crippen LogP contribution in [0, 0.1) is 13.8 Å². The molecular weight excluding hydrogens is 380 g/mol. The zero-order chi connectivity index (χ0) is 22.2. The summed E-state index contributed by atoms with van der Waals surface area (Å²) in [5.74, 6) is 1.13. The van der Waals surface area contributed by atoms with Crippen LogP contribution in [0.4, 0.5) is 5.95 Å². The van der Waals surface area contributed by atoms with Crippen LogP contribution in [-0.2, 0) is 18.5 Å². The van der Waals surface area contributed by atoms with E-state index in [2.05, 4.69) is 92.3 Å². The first-order valence-electron chi connectivity index (χ1n) is 11.8. The minimum atomic E-state index is 0.194. The van der Waals surface area contributed by atoms with E-state index in [4.69, 9.17) is 4.98 Å². The van der Waals surface area contributed by atoms with E-state index < -0.39 is 0 Å². The Kier molecular flexibility index (Phi) is 6.11. The highest BCUT2D eigenvalue weighted by Crippen LogP contribution is 2.29. The maximum Gasteiger partial charge on any atom is 0.208 e. The first-order valence-corrected chi connectivity index (χ1v) is 11.8. The number of anilines is 1. The van der Waals surface area contributed by atoms with Crippen molar-refractivity contribution in [2.75, 3.05) is 24.7 Å². The third-order valence-electron chi connectivity index (χ3n) is 6.65. The van der Waals surface area contributed by atoms with E-state index in [0.29, 0.717) is 0 Å². The highest BCUT2D eigenvalue weighted by Gasteiger charge is 2.25.